The molecule has 0 saturated carbocycles. The van der Waals surface area contributed by atoms with E-state index in [4.69, 9.17) is 4.99 Å². The molecule has 0 radical (unpaired) electrons. The van der Waals surface area contributed by atoms with Crippen molar-refractivity contribution in [3.8, 4) is 0 Å². The zero-order valence-corrected chi connectivity index (χ0v) is 18.2. The van der Waals surface area contributed by atoms with E-state index in [2.05, 4.69) is 18.7 Å². The molecule has 0 aromatic carbocycles. The number of amidine groups is 1. The molecule has 4 heterocycles. The molecule has 4 rings (SSSR count). The molecule has 0 spiro atoms. The van der Waals surface area contributed by atoms with Gasteiger partial charge in [0.1, 0.15) is 11.5 Å². The Morgan fingerprint density at radius 3 is 2.64 bits per heavy atom. The first kappa shape index (κ1) is 20.1. The summed E-state index contributed by atoms with van der Waals surface area (Å²) in [6.07, 6.45) is -0.765. The maximum atomic E-state index is 12.4. The molecule has 2 N–H and O–H groups in total. The monoisotopic (exact) mass is 425 g/mol. The van der Waals surface area contributed by atoms with Crippen LogP contribution in [0.1, 0.15) is 27.7 Å². The maximum absolute atomic E-state index is 12.4. The van der Waals surface area contributed by atoms with Gasteiger partial charge in [0.05, 0.1) is 29.4 Å². The molecule has 28 heavy (non-hydrogen) atoms. The van der Waals surface area contributed by atoms with Gasteiger partial charge in [-0.15, -0.1) is 23.5 Å². The summed E-state index contributed by atoms with van der Waals surface area (Å²) in [7, 11) is 0. The number of likely N-dealkylation sites (tertiary alicyclic amines) is 1. The van der Waals surface area contributed by atoms with Crippen LogP contribution in [0, 0.1) is 11.8 Å². The van der Waals surface area contributed by atoms with Crippen LogP contribution in [0.15, 0.2) is 15.6 Å². The number of nitrogens with zero attached hydrogens (tertiary/aromatic N) is 3. The summed E-state index contributed by atoms with van der Waals surface area (Å²) in [6.45, 7) is 10.5. The lowest BCUT2D eigenvalue weighted by atomic mass is 9.79. The molecule has 9 heteroatoms. The molecule has 154 valence electrons. The third-order valence-electron chi connectivity index (χ3n) is 6.11. The number of thioether (sulfide) groups is 2. The SMILES string of the molecule is C[C@@H](O)C1C(=O)N2C(C(=O)O)=C(SC3CN(C4=NCCSC4(C)C)C3)[C@H](C)[C@H]12. The van der Waals surface area contributed by atoms with E-state index in [1.165, 1.54) is 4.90 Å². The number of aliphatic imine (C=N–C) groups is 1. The Hall–Kier alpha value is -1.19. The van der Waals surface area contributed by atoms with Crippen LogP contribution in [0.5, 0.6) is 0 Å². The minimum atomic E-state index is -1.06. The molecule has 2 fully saturated rings. The number of carboxylic acids is 1. The van der Waals surface area contributed by atoms with E-state index in [1.807, 2.05) is 18.7 Å². The predicted octanol–water partition coefficient (Wildman–Crippen LogP) is 1.48. The number of aliphatic carboxylic acids is 1. The maximum Gasteiger partial charge on any atom is 0.353 e. The number of aliphatic hydroxyl groups excluding tert-OH is 1. The van der Waals surface area contributed by atoms with Gasteiger partial charge < -0.3 is 20.0 Å². The summed E-state index contributed by atoms with van der Waals surface area (Å²) in [5, 5.41) is 20.0. The minimum absolute atomic E-state index is 0.0156. The van der Waals surface area contributed by atoms with Crippen LogP contribution in [0.3, 0.4) is 0 Å². The molecule has 4 aliphatic heterocycles. The number of fused-ring (bicyclic) bond motifs is 1. The second kappa shape index (κ2) is 6.95. The molecular weight excluding hydrogens is 398 g/mol. The average molecular weight is 426 g/mol. The quantitative estimate of drug-likeness (QED) is 0.659. The van der Waals surface area contributed by atoms with E-state index in [9.17, 15) is 19.8 Å². The second-order valence-electron chi connectivity index (χ2n) is 8.48. The normalized spacial score (nSPS) is 33.2. The number of β-lactam (4-membered cyclic amide) rings is 1. The number of carbonyl (C=O) groups is 2. The summed E-state index contributed by atoms with van der Waals surface area (Å²) in [4.78, 5) is 33.5. The molecule has 1 unspecified atom stereocenters. The van der Waals surface area contributed by atoms with E-state index in [-0.39, 0.29) is 33.6 Å². The van der Waals surface area contributed by atoms with Crippen molar-refractivity contribution in [1.29, 1.82) is 0 Å². The van der Waals surface area contributed by atoms with Crippen molar-refractivity contribution < 1.29 is 19.8 Å². The van der Waals surface area contributed by atoms with Crippen LogP contribution in [-0.2, 0) is 9.59 Å². The van der Waals surface area contributed by atoms with Gasteiger partial charge >= 0.3 is 5.97 Å². The second-order valence-corrected chi connectivity index (χ2v) is 11.5. The van der Waals surface area contributed by atoms with E-state index >= 15 is 0 Å². The third-order valence-corrected chi connectivity index (χ3v) is 8.85. The number of hydrogen-bond donors (Lipinski definition) is 2. The molecule has 7 nitrogen and oxygen atoms in total. The summed E-state index contributed by atoms with van der Waals surface area (Å²) in [5.41, 5.74) is 0.119. The first-order chi connectivity index (χ1) is 13.1. The molecule has 0 aliphatic carbocycles. The van der Waals surface area contributed by atoms with Crippen molar-refractivity contribution in [1.82, 2.24) is 9.80 Å². The lowest BCUT2D eigenvalue weighted by molar-refractivity contribution is -0.163. The number of amides is 1. The van der Waals surface area contributed by atoms with Crippen molar-refractivity contribution in [2.45, 2.75) is 49.8 Å². The highest BCUT2D eigenvalue weighted by Gasteiger charge is 2.60. The average Bonchev–Trinajstić information content (AvgIpc) is 2.80. The van der Waals surface area contributed by atoms with Gasteiger partial charge in [0.15, 0.2) is 0 Å². The highest BCUT2D eigenvalue weighted by Crippen LogP contribution is 2.52. The van der Waals surface area contributed by atoms with Gasteiger partial charge in [0.25, 0.3) is 0 Å². The van der Waals surface area contributed by atoms with Crippen molar-refractivity contribution in [3.05, 3.63) is 10.6 Å². The molecule has 1 amide bonds. The van der Waals surface area contributed by atoms with E-state index in [0.717, 1.165) is 36.1 Å². The first-order valence-electron chi connectivity index (χ1n) is 9.72. The van der Waals surface area contributed by atoms with Gasteiger partial charge in [-0.2, -0.15) is 0 Å². The summed E-state index contributed by atoms with van der Waals surface area (Å²) in [5.74, 6) is 0.284. The van der Waals surface area contributed by atoms with Gasteiger partial charge in [-0.25, -0.2) is 4.79 Å². The fourth-order valence-corrected chi connectivity index (χ4v) is 7.27. The smallest absolute Gasteiger partial charge is 0.353 e. The Kier molecular flexibility index (Phi) is 4.99. The molecule has 0 aromatic rings. The number of carbonyl (C=O) groups excluding carboxylic acids is 1. The fraction of sp³-hybridized carbons (Fsp3) is 0.737. The Balaban J connectivity index is 1.47. The Morgan fingerprint density at radius 2 is 2.07 bits per heavy atom. The topological polar surface area (TPSA) is 93.4 Å². The van der Waals surface area contributed by atoms with E-state index in [1.54, 1.807) is 18.7 Å². The van der Waals surface area contributed by atoms with Gasteiger partial charge in [0, 0.05) is 34.9 Å². The minimum Gasteiger partial charge on any atom is -0.477 e. The van der Waals surface area contributed by atoms with Crippen molar-refractivity contribution in [3.63, 3.8) is 0 Å². The molecule has 0 aromatic heterocycles. The number of hydrogen-bond acceptors (Lipinski definition) is 7. The number of rotatable bonds is 4. The highest BCUT2D eigenvalue weighted by molar-refractivity contribution is 8.03. The molecule has 0 bridgehead atoms. The highest BCUT2D eigenvalue weighted by atomic mass is 32.2. The Morgan fingerprint density at radius 1 is 1.39 bits per heavy atom. The Labute approximate surface area is 173 Å². The molecule has 4 aliphatic rings. The van der Waals surface area contributed by atoms with E-state index < -0.39 is 18.0 Å². The summed E-state index contributed by atoms with van der Waals surface area (Å²) in [6, 6.07) is -0.240. The van der Waals surface area contributed by atoms with Crippen LogP contribution in [-0.4, -0.2) is 85.3 Å². The Bertz CT molecular complexity index is 773. The summed E-state index contributed by atoms with van der Waals surface area (Å²) >= 11 is 3.51. The van der Waals surface area contributed by atoms with Crippen molar-refractivity contribution in [2.75, 3.05) is 25.4 Å². The lowest BCUT2D eigenvalue weighted by Gasteiger charge is -2.47. The van der Waals surface area contributed by atoms with E-state index in [0.29, 0.717) is 0 Å². The number of carboxylic acid groups (broad SMARTS) is 1. The van der Waals surface area contributed by atoms with Crippen molar-refractivity contribution in [2.24, 2.45) is 16.8 Å². The van der Waals surface area contributed by atoms with Crippen LogP contribution >= 0.6 is 23.5 Å². The van der Waals surface area contributed by atoms with Gasteiger partial charge in [-0.3, -0.25) is 9.79 Å². The zero-order valence-electron chi connectivity index (χ0n) is 16.6. The van der Waals surface area contributed by atoms with Crippen LogP contribution < -0.4 is 0 Å². The van der Waals surface area contributed by atoms with Crippen LogP contribution in [0.4, 0.5) is 0 Å². The van der Waals surface area contributed by atoms with Gasteiger partial charge in [-0.1, -0.05) is 6.92 Å². The zero-order chi connectivity index (χ0) is 20.4. The van der Waals surface area contributed by atoms with Crippen molar-refractivity contribution >= 4 is 41.2 Å². The standard InChI is InChI=1S/C19H27N3O4S2/c1-9-13-12(10(2)23)16(24)22(13)14(17(25)26)15(9)28-11-7-21(8-11)18-19(3,4)27-6-5-20-18/h9-13,23H,5-8H2,1-4H3,(H,25,26)/t9-,10-,12?,13-/m1/s1. The molecule has 2 saturated heterocycles. The predicted molar refractivity (Wildman–Crippen MR) is 111 cm³/mol. The number of aliphatic hydroxyl groups is 1. The third kappa shape index (κ3) is 2.97. The largest absolute Gasteiger partial charge is 0.477 e. The molecule has 4 atom stereocenters. The lowest BCUT2D eigenvalue weighted by Crippen LogP contribution is -2.63. The van der Waals surface area contributed by atoms with Crippen LogP contribution in [0.25, 0.3) is 0 Å². The summed E-state index contributed by atoms with van der Waals surface area (Å²) < 4.78 is 0.0156. The van der Waals surface area contributed by atoms with Gasteiger partial charge in [0.2, 0.25) is 5.91 Å². The van der Waals surface area contributed by atoms with Crippen LogP contribution in [0.2, 0.25) is 0 Å². The first-order valence-corrected chi connectivity index (χ1v) is 11.6. The van der Waals surface area contributed by atoms with Gasteiger partial charge in [-0.05, 0) is 20.8 Å². The fourth-order valence-electron chi connectivity index (χ4n) is 4.73. The molecular formula is C19H27N3O4S2.